The fourth-order valence-corrected chi connectivity index (χ4v) is 4.36. The number of piperidine rings is 1. The maximum atomic E-state index is 13.4. The van der Waals surface area contributed by atoms with Crippen molar-refractivity contribution in [1.29, 1.82) is 0 Å². The van der Waals surface area contributed by atoms with E-state index in [1.807, 2.05) is 55.5 Å². The normalized spacial score (nSPS) is 15.8. The van der Waals surface area contributed by atoms with Crippen molar-refractivity contribution >= 4 is 5.91 Å². The summed E-state index contributed by atoms with van der Waals surface area (Å²) in [6, 6.07) is 15.1. The first-order valence-electron chi connectivity index (χ1n) is 11.4. The predicted molar refractivity (Wildman–Crippen MR) is 129 cm³/mol. The molecule has 0 unspecified atom stereocenters. The van der Waals surface area contributed by atoms with Gasteiger partial charge in [0.05, 0.1) is 20.3 Å². The molecular weight excluding hydrogens is 416 g/mol. The molecule has 0 aliphatic carbocycles. The van der Waals surface area contributed by atoms with E-state index in [9.17, 15) is 4.79 Å². The van der Waals surface area contributed by atoms with Crippen molar-refractivity contribution in [2.75, 3.05) is 34.4 Å². The van der Waals surface area contributed by atoms with Crippen LogP contribution in [0.15, 0.2) is 48.5 Å². The van der Waals surface area contributed by atoms with Crippen LogP contribution in [-0.2, 0) is 0 Å². The van der Waals surface area contributed by atoms with Gasteiger partial charge in [0.25, 0.3) is 5.91 Å². The standard InChI is InChI=1S/C26H32N4O3/c1-17(21-7-5-6-8-22(21)33-4)27-26(31)24-23(18-9-11-20(32-3)12-10-18)28-25(29-24)19-13-15-30(2)16-14-19/h5-12,17,19H,13-16H2,1-4H3,(H,27,31)(H,28,29)/t17-/m1/s1. The van der Waals surface area contributed by atoms with Crippen LogP contribution in [0.1, 0.15) is 53.6 Å². The molecule has 1 fully saturated rings. The smallest absolute Gasteiger partial charge is 0.270 e. The second-order valence-electron chi connectivity index (χ2n) is 8.59. The zero-order valence-corrected chi connectivity index (χ0v) is 19.7. The minimum Gasteiger partial charge on any atom is -0.497 e. The highest BCUT2D eigenvalue weighted by atomic mass is 16.5. The molecule has 0 bridgehead atoms. The summed E-state index contributed by atoms with van der Waals surface area (Å²) in [6.45, 7) is 4.00. The number of aromatic amines is 1. The van der Waals surface area contributed by atoms with Gasteiger partial charge in [-0.25, -0.2) is 4.98 Å². The highest BCUT2D eigenvalue weighted by Crippen LogP contribution is 2.31. The molecule has 33 heavy (non-hydrogen) atoms. The summed E-state index contributed by atoms with van der Waals surface area (Å²) < 4.78 is 10.8. The molecular formula is C26H32N4O3. The number of hydrogen-bond acceptors (Lipinski definition) is 5. The van der Waals surface area contributed by atoms with Crippen LogP contribution in [0.3, 0.4) is 0 Å². The molecule has 0 saturated carbocycles. The molecule has 2 heterocycles. The zero-order valence-electron chi connectivity index (χ0n) is 19.7. The number of likely N-dealkylation sites (tertiary alicyclic amines) is 1. The van der Waals surface area contributed by atoms with Gasteiger partial charge in [-0.15, -0.1) is 0 Å². The topological polar surface area (TPSA) is 79.5 Å². The molecule has 0 spiro atoms. The summed E-state index contributed by atoms with van der Waals surface area (Å²) in [5, 5.41) is 3.12. The number of methoxy groups -OCH3 is 2. The summed E-state index contributed by atoms with van der Waals surface area (Å²) in [4.78, 5) is 24.1. The number of H-pyrrole nitrogens is 1. The molecule has 2 N–H and O–H groups in total. The van der Waals surface area contributed by atoms with E-state index in [0.717, 1.165) is 54.4 Å². The molecule has 1 saturated heterocycles. The van der Waals surface area contributed by atoms with Gasteiger partial charge in [-0.3, -0.25) is 4.79 Å². The largest absolute Gasteiger partial charge is 0.497 e. The molecule has 1 aromatic heterocycles. The maximum Gasteiger partial charge on any atom is 0.270 e. The Morgan fingerprint density at radius 2 is 1.79 bits per heavy atom. The van der Waals surface area contributed by atoms with Gasteiger partial charge in [-0.05, 0) is 70.2 Å². The Kier molecular flexibility index (Phi) is 6.99. The van der Waals surface area contributed by atoms with Crippen LogP contribution in [-0.4, -0.2) is 55.1 Å². The molecule has 2 aromatic carbocycles. The van der Waals surface area contributed by atoms with Gasteiger partial charge in [0, 0.05) is 17.0 Å². The van der Waals surface area contributed by atoms with Crippen LogP contribution >= 0.6 is 0 Å². The van der Waals surface area contributed by atoms with Gasteiger partial charge in [-0.1, -0.05) is 18.2 Å². The number of rotatable bonds is 7. The van der Waals surface area contributed by atoms with Gasteiger partial charge in [0.15, 0.2) is 0 Å². The summed E-state index contributed by atoms with van der Waals surface area (Å²) in [5.41, 5.74) is 2.95. The third-order valence-electron chi connectivity index (χ3n) is 6.37. The first-order valence-corrected chi connectivity index (χ1v) is 11.4. The van der Waals surface area contributed by atoms with E-state index in [1.54, 1.807) is 14.2 Å². The number of para-hydroxylation sites is 1. The zero-order chi connectivity index (χ0) is 23.4. The Bertz CT molecular complexity index is 1090. The van der Waals surface area contributed by atoms with E-state index in [-0.39, 0.29) is 11.9 Å². The fourth-order valence-electron chi connectivity index (χ4n) is 4.36. The highest BCUT2D eigenvalue weighted by molar-refractivity contribution is 5.98. The molecule has 7 nitrogen and oxygen atoms in total. The van der Waals surface area contributed by atoms with Gasteiger partial charge >= 0.3 is 0 Å². The molecule has 1 aliphatic heterocycles. The van der Waals surface area contributed by atoms with E-state index >= 15 is 0 Å². The molecule has 3 aromatic rings. The molecule has 7 heteroatoms. The van der Waals surface area contributed by atoms with Crippen molar-refractivity contribution in [3.8, 4) is 22.8 Å². The second kappa shape index (κ2) is 10.1. The Labute approximate surface area is 195 Å². The monoisotopic (exact) mass is 448 g/mol. The first-order chi connectivity index (χ1) is 16.0. The van der Waals surface area contributed by atoms with Gasteiger partial charge in [0.2, 0.25) is 0 Å². The van der Waals surface area contributed by atoms with Gasteiger partial charge < -0.3 is 24.7 Å². The van der Waals surface area contributed by atoms with Crippen LogP contribution in [0.5, 0.6) is 11.5 Å². The molecule has 1 amide bonds. The summed E-state index contributed by atoms with van der Waals surface area (Å²) in [6.07, 6.45) is 2.04. The maximum absolute atomic E-state index is 13.4. The van der Waals surface area contributed by atoms with E-state index in [0.29, 0.717) is 17.3 Å². The van der Waals surface area contributed by atoms with Crippen LogP contribution in [0.2, 0.25) is 0 Å². The highest BCUT2D eigenvalue weighted by Gasteiger charge is 2.26. The minimum absolute atomic E-state index is 0.189. The quantitative estimate of drug-likeness (QED) is 0.560. The number of nitrogens with one attached hydrogen (secondary N) is 2. The van der Waals surface area contributed by atoms with E-state index in [4.69, 9.17) is 14.5 Å². The number of carbonyl (C=O) groups excluding carboxylic acids is 1. The Hall–Kier alpha value is -3.32. The number of hydrogen-bond donors (Lipinski definition) is 2. The summed E-state index contributed by atoms with van der Waals surface area (Å²) in [7, 11) is 5.41. The molecule has 0 radical (unpaired) electrons. The number of amides is 1. The lowest BCUT2D eigenvalue weighted by molar-refractivity contribution is 0.0935. The lowest BCUT2D eigenvalue weighted by Gasteiger charge is -2.27. The molecule has 4 rings (SSSR count). The molecule has 1 aliphatic rings. The summed E-state index contributed by atoms with van der Waals surface area (Å²) >= 11 is 0. The van der Waals surface area contributed by atoms with Gasteiger partial charge in [-0.2, -0.15) is 0 Å². The SMILES string of the molecule is COc1ccc(-c2nc(C3CCN(C)CC3)[nH]c2C(=O)N[C@H](C)c2ccccc2OC)cc1. The Morgan fingerprint density at radius 3 is 2.45 bits per heavy atom. The fraction of sp³-hybridized carbons (Fsp3) is 0.385. The summed E-state index contributed by atoms with van der Waals surface area (Å²) in [5.74, 6) is 2.51. The van der Waals surface area contributed by atoms with Crippen LogP contribution in [0, 0.1) is 0 Å². The van der Waals surface area contributed by atoms with Crippen molar-refractivity contribution in [2.24, 2.45) is 0 Å². The van der Waals surface area contributed by atoms with Crippen molar-refractivity contribution in [3.63, 3.8) is 0 Å². The van der Waals surface area contributed by atoms with Crippen LogP contribution in [0.4, 0.5) is 0 Å². The number of carbonyl (C=O) groups is 1. The van der Waals surface area contributed by atoms with Crippen molar-refractivity contribution in [1.82, 2.24) is 20.2 Å². The number of benzene rings is 2. The van der Waals surface area contributed by atoms with Crippen LogP contribution < -0.4 is 14.8 Å². The number of imidazole rings is 1. The van der Waals surface area contributed by atoms with E-state index in [1.165, 1.54) is 0 Å². The lowest BCUT2D eigenvalue weighted by Crippen LogP contribution is -2.30. The lowest BCUT2D eigenvalue weighted by atomic mass is 9.96. The first kappa shape index (κ1) is 22.9. The molecule has 1 atom stereocenters. The average Bonchev–Trinajstić information content (AvgIpc) is 3.30. The average molecular weight is 449 g/mol. The van der Waals surface area contributed by atoms with E-state index in [2.05, 4.69) is 22.2 Å². The number of ether oxygens (including phenoxy) is 2. The Balaban J connectivity index is 1.65. The van der Waals surface area contributed by atoms with Crippen molar-refractivity contribution < 1.29 is 14.3 Å². The number of nitrogens with zero attached hydrogens (tertiary/aromatic N) is 2. The van der Waals surface area contributed by atoms with E-state index < -0.39 is 0 Å². The second-order valence-corrected chi connectivity index (χ2v) is 8.59. The molecule has 174 valence electrons. The predicted octanol–water partition coefficient (Wildman–Crippen LogP) is 4.39. The van der Waals surface area contributed by atoms with Crippen molar-refractivity contribution in [3.05, 3.63) is 65.6 Å². The van der Waals surface area contributed by atoms with Crippen LogP contribution in [0.25, 0.3) is 11.3 Å². The Morgan fingerprint density at radius 1 is 1.09 bits per heavy atom. The van der Waals surface area contributed by atoms with Gasteiger partial charge in [0.1, 0.15) is 28.7 Å². The van der Waals surface area contributed by atoms with Crippen molar-refractivity contribution in [2.45, 2.75) is 31.7 Å². The third kappa shape index (κ3) is 5.03. The minimum atomic E-state index is -0.229. The number of aromatic nitrogens is 2. The third-order valence-corrected chi connectivity index (χ3v) is 6.37.